The van der Waals surface area contributed by atoms with Crippen molar-refractivity contribution in [2.45, 2.75) is 18.9 Å². The fourth-order valence-corrected chi connectivity index (χ4v) is 2.41. The van der Waals surface area contributed by atoms with Gasteiger partial charge in [0.25, 0.3) is 11.3 Å². The molecule has 0 N–H and O–H groups in total. The summed E-state index contributed by atoms with van der Waals surface area (Å²) in [6, 6.07) is 6.47. The second kappa shape index (κ2) is 5.32. The van der Waals surface area contributed by atoms with Crippen molar-refractivity contribution in [1.82, 2.24) is 0 Å². The van der Waals surface area contributed by atoms with E-state index in [9.17, 15) is 19.7 Å². The highest BCUT2D eigenvalue weighted by atomic mass is 16.6. The van der Waals surface area contributed by atoms with Gasteiger partial charge in [0, 0.05) is 25.0 Å². The van der Waals surface area contributed by atoms with Gasteiger partial charge in [-0.05, 0) is 5.56 Å². The minimum atomic E-state index is -1.95. The van der Waals surface area contributed by atoms with Crippen molar-refractivity contribution >= 4 is 17.8 Å². The number of hydrogen-bond acceptors (Lipinski definition) is 5. The Morgan fingerprint density at radius 2 is 2.14 bits per heavy atom. The summed E-state index contributed by atoms with van der Waals surface area (Å²) in [5.41, 5.74) is -1.70. The van der Waals surface area contributed by atoms with Crippen LogP contribution < -0.4 is 0 Å². The monoisotopic (exact) mass is 287 g/mol. The minimum Gasteiger partial charge on any atom is -0.439 e. The van der Waals surface area contributed by atoms with Crippen LogP contribution in [0.2, 0.25) is 0 Å². The fourth-order valence-electron chi connectivity index (χ4n) is 2.41. The number of nitro groups is 1. The number of carbonyl (C=O) groups excluding carboxylic acids is 2. The lowest BCUT2D eigenvalue weighted by Gasteiger charge is -2.31. The van der Waals surface area contributed by atoms with Crippen molar-refractivity contribution in [1.29, 1.82) is 0 Å². The van der Waals surface area contributed by atoms with Crippen molar-refractivity contribution in [3.05, 3.63) is 63.9 Å². The van der Waals surface area contributed by atoms with Crippen LogP contribution in [0.25, 0.3) is 6.08 Å². The number of fused-ring (bicyclic) bond motifs is 1. The van der Waals surface area contributed by atoms with Crippen molar-refractivity contribution in [2.75, 3.05) is 0 Å². The molecule has 6 nitrogen and oxygen atoms in total. The van der Waals surface area contributed by atoms with Crippen LogP contribution >= 0.6 is 0 Å². The lowest BCUT2D eigenvalue weighted by Crippen LogP contribution is -2.48. The van der Waals surface area contributed by atoms with E-state index in [1.165, 1.54) is 12.2 Å². The Kier molecular flexibility index (Phi) is 3.71. The second-order valence-electron chi connectivity index (χ2n) is 4.62. The first kappa shape index (κ1) is 14.6. The Hall–Kier alpha value is -2.76. The first-order valence-electron chi connectivity index (χ1n) is 6.23. The number of carbonyl (C=O) groups is 2. The standard InChI is InChI=1S/C15H13NO5/c1-3-8-15(21-10(2)17)13(16(19)20)9-11-6-4-5-7-12(11)14(15)18/h3-7,9H,1,8H2,2H3. The summed E-state index contributed by atoms with van der Waals surface area (Å²) in [4.78, 5) is 34.7. The third kappa shape index (κ3) is 2.35. The maximum atomic E-state index is 12.7. The first-order valence-corrected chi connectivity index (χ1v) is 6.23. The summed E-state index contributed by atoms with van der Waals surface area (Å²) in [7, 11) is 0. The molecular formula is C15H13NO5. The number of ketones is 1. The van der Waals surface area contributed by atoms with E-state index in [2.05, 4.69) is 6.58 Å². The van der Waals surface area contributed by atoms with Gasteiger partial charge >= 0.3 is 5.97 Å². The van der Waals surface area contributed by atoms with Gasteiger partial charge in [-0.3, -0.25) is 19.7 Å². The third-order valence-corrected chi connectivity index (χ3v) is 3.22. The van der Waals surface area contributed by atoms with E-state index in [4.69, 9.17) is 4.74 Å². The zero-order valence-corrected chi connectivity index (χ0v) is 11.4. The van der Waals surface area contributed by atoms with Crippen LogP contribution in [0.15, 0.2) is 42.6 Å². The molecule has 0 radical (unpaired) electrons. The largest absolute Gasteiger partial charge is 0.439 e. The highest BCUT2D eigenvalue weighted by Crippen LogP contribution is 2.37. The maximum Gasteiger partial charge on any atom is 0.304 e. The predicted octanol–water partition coefficient (Wildman–Crippen LogP) is 2.38. The molecule has 0 bridgehead atoms. The number of ether oxygens (including phenoxy) is 1. The van der Waals surface area contributed by atoms with Crippen molar-refractivity contribution in [2.24, 2.45) is 0 Å². The Morgan fingerprint density at radius 3 is 2.71 bits per heavy atom. The van der Waals surface area contributed by atoms with Gasteiger partial charge in [-0.25, -0.2) is 0 Å². The van der Waals surface area contributed by atoms with Crippen LogP contribution in [-0.4, -0.2) is 22.3 Å². The minimum absolute atomic E-state index is 0.160. The number of Topliss-reactive ketones (excluding diaryl/α,β-unsaturated/α-hetero) is 1. The fraction of sp³-hybridized carbons (Fsp3) is 0.200. The van der Waals surface area contributed by atoms with Crippen LogP contribution in [0.3, 0.4) is 0 Å². The molecule has 1 unspecified atom stereocenters. The van der Waals surface area contributed by atoms with E-state index in [1.807, 2.05) is 0 Å². The van der Waals surface area contributed by atoms with Gasteiger partial charge in [-0.15, -0.1) is 6.58 Å². The van der Waals surface area contributed by atoms with Gasteiger partial charge in [0.2, 0.25) is 5.78 Å². The van der Waals surface area contributed by atoms with E-state index >= 15 is 0 Å². The number of hydrogen-bond donors (Lipinski definition) is 0. The zero-order chi connectivity index (χ0) is 15.6. The lowest BCUT2D eigenvalue weighted by atomic mass is 9.79. The molecule has 0 saturated heterocycles. The van der Waals surface area contributed by atoms with E-state index in [-0.39, 0.29) is 12.0 Å². The molecule has 0 amide bonds. The van der Waals surface area contributed by atoms with Crippen molar-refractivity contribution in [3.8, 4) is 0 Å². The van der Waals surface area contributed by atoms with Crippen molar-refractivity contribution in [3.63, 3.8) is 0 Å². The molecule has 0 aromatic heterocycles. The summed E-state index contributed by atoms with van der Waals surface area (Å²) >= 11 is 0. The van der Waals surface area contributed by atoms with Crippen LogP contribution in [0, 0.1) is 10.1 Å². The average molecular weight is 287 g/mol. The molecule has 1 atom stereocenters. The van der Waals surface area contributed by atoms with E-state index < -0.39 is 28.0 Å². The van der Waals surface area contributed by atoms with Gasteiger partial charge in [0.15, 0.2) is 0 Å². The van der Waals surface area contributed by atoms with Crippen LogP contribution in [0.1, 0.15) is 29.3 Å². The lowest BCUT2D eigenvalue weighted by molar-refractivity contribution is -0.438. The van der Waals surface area contributed by atoms with Crippen LogP contribution in [0.5, 0.6) is 0 Å². The SMILES string of the molecule is C=CCC1(OC(C)=O)C(=O)c2ccccc2C=C1[N+](=O)[O-]. The quantitative estimate of drug-likeness (QED) is 0.367. The number of benzene rings is 1. The maximum absolute atomic E-state index is 12.7. The highest BCUT2D eigenvalue weighted by molar-refractivity contribution is 6.10. The Balaban J connectivity index is 2.73. The molecule has 0 fully saturated rings. The van der Waals surface area contributed by atoms with Gasteiger partial charge in [-0.1, -0.05) is 30.3 Å². The van der Waals surface area contributed by atoms with E-state index in [0.29, 0.717) is 5.56 Å². The number of rotatable bonds is 4. The number of nitrogens with zero attached hydrogens (tertiary/aromatic N) is 1. The molecule has 0 spiro atoms. The van der Waals surface area contributed by atoms with Gasteiger partial charge in [0.1, 0.15) is 0 Å². The first-order chi connectivity index (χ1) is 9.92. The molecule has 0 aliphatic heterocycles. The van der Waals surface area contributed by atoms with Gasteiger partial charge in [0.05, 0.1) is 4.92 Å². The summed E-state index contributed by atoms with van der Waals surface area (Å²) < 4.78 is 5.09. The third-order valence-electron chi connectivity index (χ3n) is 3.22. The molecule has 1 aromatic rings. The molecule has 0 heterocycles. The topological polar surface area (TPSA) is 86.5 Å². The van der Waals surface area contributed by atoms with Crippen LogP contribution in [0.4, 0.5) is 0 Å². The Bertz CT molecular complexity index is 676. The molecule has 108 valence electrons. The highest BCUT2D eigenvalue weighted by Gasteiger charge is 2.54. The average Bonchev–Trinajstić information content (AvgIpc) is 2.42. The number of esters is 1. The van der Waals surface area contributed by atoms with E-state index in [1.54, 1.807) is 24.3 Å². The molecule has 1 aliphatic rings. The summed E-state index contributed by atoms with van der Waals surface area (Å²) in [6.07, 6.45) is 2.43. The molecule has 2 rings (SSSR count). The summed E-state index contributed by atoms with van der Waals surface area (Å²) in [5.74, 6) is -1.38. The molecule has 6 heteroatoms. The molecule has 1 aromatic carbocycles. The smallest absolute Gasteiger partial charge is 0.304 e. The predicted molar refractivity (Wildman–Crippen MR) is 75.1 cm³/mol. The van der Waals surface area contributed by atoms with Crippen molar-refractivity contribution < 1.29 is 19.2 Å². The normalized spacial score (nSPS) is 20.2. The van der Waals surface area contributed by atoms with E-state index in [0.717, 1.165) is 6.92 Å². The Labute approximate surface area is 120 Å². The molecule has 1 aliphatic carbocycles. The summed E-state index contributed by atoms with van der Waals surface area (Å²) in [5, 5.41) is 11.3. The van der Waals surface area contributed by atoms with Crippen LogP contribution in [-0.2, 0) is 9.53 Å². The molecular weight excluding hydrogens is 274 g/mol. The Morgan fingerprint density at radius 1 is 1.48 bits per heavy atom. The van der Waals surface area contributed by atoms with Gasteiger partial charge < -0.3 is 4.74 Å². The summed E-state index contributed by atoms with van der Waals surface area (Å²) in [6.45, 7) is 4.61. The van der Waals surface area contributed by atoms with Gasteiger partial charge in [-0.2, -0.15) is 0 Å². The second-order valence-corrected chi connectivity index (χ2v) is 4.62. The zero-order valence-electron chi connectivity index (χ0n) is 11.4. The molecule has 0 saturated carbocycles. The molecule has 21 heavy (non-hydrogen) atoms.